The van der Waals surface area contributed by atoms with Crippen molar-refractivity contribution in [2.24, 2.45) is 0 Å². The molecule has 1 heterocycles. The van der Waals surface area contributed by atoms with Gasteiger partial charge in [-0.25, -0.2) is 0 Å². The maximum absolute atomic E-state index is 12.3. The Kier molecular flexibility index (Phi) is 4.51. The summed E-state index contributed by atoms with van der Waals surface area (Å²) in [5, 5.41) is 2.67. The highest BCUT2D eigenvalue weighted by molar-refractivity contribution is 5.97. The molecule has 3 rings (SSSR count). The number of hydrogen-bond acceptors (Lipinski definition) is 3. The van der Waals surface area contributed by atoms with Crippen LogP contribution in [0.4, 0.5) is 5.69 Å². The van der Waals surface area contributed by atoms with Gasteiger partial charge in [0, 0.05) is 38.4 Å². The number of anilines is 1. The fourth-order valence-electron chi connectivity index (χ4n) is 2.78. The summed E-state index contributed by atoms with van der Waals surface area (Å²) in [6, 6.07) is 15.9. The number of rotatable bonds is 4. The van der Waals surface area contributed by atoms with E-state index >= 15 is 0 Å². The Hall–Kier alpha value is -2.82. The first-order chi connectivity index (χ1) is 11.5. The van der Waals surface area contributed by atoms with Crippen molar-refractivity contribution in [2.75, 3.05) is 25.5 Å². The van der Waals surface area contributed by atoms with Crippen molar-refractivity contribution in [3.05, 3.63) is 65.2 Å². The molecule has 24 heavy (non-hydrogen) atoms. The van der Waals surface area contributed by atoms with E-state index in [1.54, 1.807) is 20.2 Å². The lowest BCUT2D eigenvalue weighted by Gasteiger charge is -2.18. The summed E-state index contributed by atoms with van der Waals surface area (Å²) < 4.78 is 0. The summed E-state index contributed by atoms with van der Waals surface area (Å²) in [5.41, 5.74) is 4.22. The van der Waals surface area contributed by atoms with E-state index in [9.17, 15) is 9.59 Å². The standard InChI is InChI=1S/C19H21N3O2/c1-21(2)18(23)11-20-19(24)14-8-5-9-17(10-14)22-12-15-6-3-4-7-16(15)13-22/h3-10H,11-13H2,1-2H3,(H,20,24). The number of carbonyl (C=O) groups excluding carboxylic acids is 2. The van der Waals surface area contributed by atoms with Crippen LogP contribution >= 0.6 is 0 Å². The first-order valence-corrected chi connectivity index (χ1v) is 7.95. The van der Waals surface area contributed by atoms with Crippen LogP contribution in [0.15, 0.2) is 48.5 Å². The zero-order valence-corrected chi connectivity index (χ0v) is 14.0. The molecule has 0 saturated heterocycles. The Balaban J connectivity index is 1.69. The van der Waals surface area contributed by atoms with E-state index in [1.807, 2.05) is 30.3 Å². The van der Waals surface area contributed by atoms with E-state index in [-0.39, 0.29) is 18.4 Å². The SMILES string of the molecule is CN(C)C(=O)CNC(=O)c1cccc(N2Cc3ccccc3C2)c1. The van der Waals surface area contributed by atoms with Crippen LogP contribution in [-0.2, 0) is 17.9 Å². The number of likely N-dealkylation sites (N-methyl/N-ethyl adjacent to an activating group) is 1. The number of nitrogens with zero attached hydrogens (tertiary/aromatic N) is 2. The highest BCUT2D eigenvalue weighted by Crippen LogP contribution is 2.28. The molecule has 1 aliphatic heterocycles. The first-order valence-electron chi connectivity index (χ1n) is 7.95. The second-order valence-electron chi connectivity index (χ2n) is 6.15. The van der Waals surface area contributed by atoms with Gasteiger partial charge in [-0.15, -0.1) is 0 Å². The van der Waals surface area contributed by atoms with Crippen LogP contribution in [-0.4, -0.2) is 37.4 Å². The van der Waals surface area contributed by atoms with Crippen LogP contribution in [0, 0.1) is 0 Å². The summed E-state index contributed by atoms with van der Waals surface area (Å²) in [6.45, 7) is 1.70. The number of fused-ring (bicyclic) bond motifs is 1. The van der Waals surface area contributed by atoms with Gasteiger partial charge in [0.05, 0.1) is 6.54 Å². The van der Waals surface area contributed by atoms with E-state index in [0.717, 1.165) is 18.8 Å². The predicted molar refractivity (Wildman–Crippen MR) is 93.8 cm³/mol. The van der Waals surface area contributed by atoms with Gasteiger partial charge in [-0.2, -0.15) is 0 Å². The lowest BCUT2D eigenvalue weighted by Crippen LogP contribution is -2.36. The molecule has 1 N–H and O–H groups in total. The smallest absolute Gasteiger partial charge is 0.251 e. The van der Waals surface area contributed by atoms with Crippen LogP contribution in [0.5, 0.6) is 0 Å². The average Bonchev–Trinajstić information content (AvgIpc) is 3.03. The molecule has 0 unspecified atom stereocenters. The van der Waals surface area contributed by atoms with Gasteiger partial charge in [0.25, 0.3) is 5.91 Å². The molecule has 5 nitrogen and oxygen atoms in total. The highest BCUT2D eigenvalue weighted by atomic mass is 16.2. The molecule has 124 valence electrons. The second kappa shape index (κ2) is 6.74. The quantitative estimate of drug-likeness (QED) is 0.937. The number of benzene rings is 2. The molecule has 5 heteroatoms. The minimum Gasteiger partial charge on any atom is -0.363 e. The predicted octanol–water partition coefficient (Wildman–Crippen LogP) is 2.02. The molecule has 1 aliphatic rings. The molecule has 0 atom stereocenters. The molecule has 0 radical (unpaired) electrons. The van der Waals surface area contributed by atoms with Crippen LogP contribution in [0.3, 0.4) is 0 Å². The van der Waals surface area contributed by atoms with Crippen molar-refractivity contribution in [2.45, 2.75) is 13.1 Å². The van der Waals surface area contributed by atoms with Gasteiger partial charge in [0.15, 0.2) is 0 Å². The molecule has 2 amide bonds. The Morgan fingerprint density at radius 3 is 2.33 bits per heavy atom. The molecule has 0 fully saturated rings. The molecule has 2 aromatic rings. The summed E-state index contributed by atoms with van der Waals surface area (Å²) in [6.07, 6.45) is 0. The Morgan fingerprint density at radius 1 is 1.04 bits per heavy atom. The van der Waals surface area contributed by atoms with Crippen LogP contribution < -0.4 is 10.2 Å². The summed E-state index contributed by atoms with van der Waals surface area (Å²) in [7, 11) is 3.33. The van der Waals surface area contributed by atoms with Crippen molar-refractivity contribution >= 4 is 17.5 Å². The van der Waals surface area contributed by atoms with E-state index in [1.165, 1.54) is 16.0 Å². The minimum absolute atomic E-state index is 0.00518. The second-order valence-corrected chi connectivity index (χ2v) is 6.15. The van der Waals surface area contributed by atoms with Crippen molar-refractivity contribution in [1.29, 1.82) is 0 Å². The van der Waals surface area contributed by atoms with E-state index in [0.29, 0.717) is 5.56 Å². The summed E-state index contributed by atoms with van der Waals surface area (Å²) >= 11 is 0. The van der Waals surface area contributed by atoms with Gasteiger partial charge in [-0.1, -0.05) is 30.3 Å². The lowest BCUT2D eigenvalue weighted by molar-refractivity contribution is -0.127. The molecule has 2 aromatic carbocycles. The van der Waals surface area contributed by atoms with Crippen LogP contribution in [0.25, 0.3) is 0 Å². The van der Waals surface area contributed by atoms with Crippen molar-refractivity contribution in [3.8, 4) is 0 Å². The largest absolute Gasteiger partial charge is 0.363 e. The van der Waals surface area contributed by atoms with Gasteiger partial charge in [0.1, 0.15) is 0 Å². The van der Waals surface area contributed by atoms with E-state index in [2.05, 4.69) is 22.3 Å². The van der Waals surface area contributed by atoms with Crippen molar-refractivity contribution < 1.29 is 9.59 Å². The Morgan fingerprint density at radius 2 is 1.71 bits per heavy atom. The summed E-state index contributed by atoms with van der Waals surface area (Å²) in [4.78, 5) is 27.5. The maximum atomic E-state index is 12.3. The molecule has 0 saturated carbocycles. The maximum Gasteiger partial charge on any atom is 0.251 e. The Bertz CT molecular complexity index is 746. The normalized spacial score (nSPS) is 12.7. The van der Waals surface area contributed by atoms with Crippen molar-refractivity contribution in [1.82, 2.24) is 10.2 Å². The number of amides is 2. The third-order valence-corrected chi connectivity index (χ3v) is 4.21. The van der Waals surface area contributed by atoms with E-state index < -0.39 is 0 Å². The van der Waals surface area contributed by atoms with Gasteiger partial charge in [-0.3, -0.25) is 9.59 Å². The van der Waals surface area contributed by atoms with Gasteiger partial charge >= 0.3 is 0 Å². The fourth-order valence-corrected chi connectivity index (χ4v) is 2.78. The van der Waals surface area contributed by atoms with Gasteiger partial charge in [0.2, 0.25) is 5.91 Å². The van der Waals surface area contributed by atoms with Crippen LogP contribution in [0.2, 0.25) is 0 Å². The molecular formula is C19H21N3O2. The molecule has 0 aliphatic carbocycles. The number of carbonyl (C=O) groups is 2. The fraction of sp³-hybridized carbons (Fsp3) is 0.263. The number of hydrogen-bond donors (Lipinski definition) is 1. The summed E-state index contributed by atoms with van der Waals surface area (Å²) in [5.74, 6) is -0.363. The Labute approximate surface area is 141 Å². The highest BCUT2D eigenvalue weighted by Gasteiger charge is 2.19. The zero-order chi connectivity index (χ0) is 17.1. The average molecular weight is 323 g/mol. The van der Waals surface area contributed by atoms with Crippen LogP contribution in [0.1, 0.15) is 21.5 Å². The minimum atomic E-state index is -0.233. The third kappa shape index (κ3) is 3.40. The van der Waals surface area contributed by atoms with Gasteiger partial charge < -0.3 is 15.1 Å². The monoisotopic (exact) mass is 323 g/mol. The first kappa shape index (κ1) is 16.1. The van der Waals surface area contributed by atoms with Gasteiger partial charge in [-0.05, 0) is 29.3 Å². The zero-order valence-electron chi connectivity index (χ0n) is 14.0. The molecule has 0 aromatic heterocycles. The third-order valence-electron chi connectivity index (χ3n) is 4.21. The number of nitrogens with one attached hydrogen (secondary N) is 1. The van der Waals surface area contributed by atoms with E-state index in [4.69, 9.17) is 0 Å². The molecule has 0 spiro atoms. The molecular weight excluding hydrogens is 302 g/mol. The molecule has 0 bridgehead atoms. The topological polar surface area (TPSA) is 52.7 Å². The lowest BCUT2D eigenvalue weighted by atomic mass is 10.1. The van der Waals surface area contributed by atoms with Crippen molar-refractivity contribution in [3.63, 3.8) is 0 Å².